The number of hydroxylamine groups is 1. The smallest absolute Gasteiger partial charge is 0.274 e. The Bertz CT molecular complexity index is 1040. The lowest BCUT2D eigenvalue weighted by Gasteiger charge is -2.18. The lowest BCUT2D eigenvalue weighted by molar-refractivity contribution is 0.0537. The molecule has 4 rings (SSSR count). The highest BCUT2D eigenvalue weighted by Crippen LogP contribution is 2.21. The Labute approximate surface area is 212 Å². The Hall–Kier alpha value is -3.43. The van der Waals surface area contributed by atoms with Gasteiger partial charge < -0.3 is 14.8 Å². The maximum atomic E-state index is 12.1. The van der Waals surface area contributed by atoms with Crippen LogP contribution in [0.1, 0.15) is 35.2 Å². The molecule has 9 nitrogen and oxygen atoms in total. The number of likely N-dealkylation sites (tertiary alicyclic amines) is 1. The molecule has 9 heteroatoms. The van der Waals surface area contributed by atoms with E-state index in [0.717, 1.165) is 36.4 Å². The first kappa shape index (κ1) is 25.7. The molecule has 2 aromatic rings. The summed E-state index contributed by atoms with van der Waals surface area (Å²) in [6.07, 6.45) is 7.69. The molecule has 0 unspecified atom stereocenters. The second-order valence-electron chi connectivity index (χ2n) is 8.94. The largest absolute Gasteiger partial charge is 0.497 e. The van der Waals surface area contributed by atoms with Gasteiger partial charge in [0.2, 0.25) is 6.29 Å². The Morgan fingerprint density at radius 1 is 1.03 bits per heavy atom. The van der Waals surface area contributed by atoms with E-state index >= 15 is 0 Å². The SMILES string of the molecule is CONC(=O)c1cc(CCC2C=NC(Nc3ccc(OCCN4CCCC4)cc3)N=C2)cc(OC)c1. The lowest BCUT2D eigenvalue weighted by Crippen LogP contribution is -2.25. The summed E-state index contributed by atoms with van der Waals surface area (Å²) in [7, 11) is 2.99. The van der Waals surface area contributed by atoms with Crippen molar-refractivity contribution in [3.63, 3.8) is 0 Å². The third kappa shape index (κ3) is 7.53. The minimum atomic E-state index is -0.343. The van der Waals surface area contributed by atoms with Gasteiger partial charge in [0.05, 0.1) is 14.2 Å². The van der Waals surface area contributed by atoms with E-state index in [4.69, 9.17) is 14.3 Å². The minimum absolute atomic E-state index is 0.122. The molecule has 1 saturated heterocycles. The highest BCUT2D eigenvalue weighted by atomic mass is 16.6. The van der Waals surface area contributed by atoms with Crippen molar-refractivity contribution in [2.24, 2.45) is 15.9 Å². The summed E-state index contributed by atoms with van der Waals surface area (Å²) in [4.78, 5) is 28.4. The average molecular weight is 494 g/mol. The van der Waals surface area contributed by atoms with Crippen molar-refractivity contribution in [3.8, 4) is 11.5 Å². The topological polar surface area (TPSA) is 96.8 Å². The van der Waals surface area contributed by atoms with Crippen molar-refractivity contribution < 1.29 is 19.1 Å². The minimum Gasteiger partial charge on any atom is -0.497 e. The third-order valence-electron chi connectivity index (χ3n) is 6.29. The zero-order valence-electron chi connectivity index (χ0n) is 21.0. The summed E-state index contributed by atoms with van der Waals surface area (Å²) in [6.45, 7) is 4.06. The summed E-state index contributed by atoms with van der Waals surface area (Å²) >= 11 is 0. The van der Waals surface area contributed by atoms with E-state index in [2.05, 4.69) is 25.7 Å². The molecule has 2 aromatic carbocycles. The van der Waals surface area contributed by atoms with Gasteiger partial charge in [0.15, 0.2) is 0 Å². The van der Waals surface area contributed by atoms with E-state index in [0.29, 0.717) is 17.9 Å². The first-order valence-electron chi connectivity index (χ1n) is 12.4. The number of carbonyl (C=O) groups is 1. The summed E-state index contributed by atoms with van der Waals surface area (Å²) in [5, 5.41) is 3.32. The van der Waals surface area contributed by atoms with Crippen LogP contribution in [0.2, 0.25) is 0 Å². The van der Waals surface area contributed by atoms with Crippen molar-refractivity contribution in [1.82, 2.24) is 10.4 Å². The van der Waals surface area contributed by atoms with Crippen LogP contribution in [0, 0.1) is 5.92 Å². The van der Waals surface area contributed by atoms with Crippen LogP contribution in [0.5, 0.6) is 11.5 Å². The van der Waals surface area contributed by atoms with Crippen molar-refractivity contribution in [1.29, 1.82) is 0 Å². The second-order valence-corrected chi connectivity index (χ2v) is 8.94. The van der Waals surface area contributed by atoms with Crippen LogP contribution < -0.4 is 20.3 Å². The molecule has 0 bridgehead atoms. The average Bonchev–Trinajstić information content (AvgIpc) is 3.43. The van der Waals surface area contributed by atoms with Crippen molar-refractivity contribution in [2.75, 3.05) is 45.8 Å². The van der Waals surface area contributed by atoms with Gasteiger partial charge in [-0.2, -0.15) is 0 Å². The van der Waals surface area contributed by atoms with E-state index in [1.807, 2.05) is 48.8 Å². The molecule has 1 amide bonds. The van der Waals surface area contributed by atoms with Gasteiger partial charge in [0, 0.05) is 36.1 Å². The van der Waals surface area contributed by atoms with Crippen LogP contribution in [-0.2, 0) is 11.3 Å². The van der Waals surface area contributed by atoms with Gasteiger partial charge in [0.25, 0.3) is 5.91 Å². The molecule has 36 heavy (non-hydrogen) atoms. The summed E-state index contributed by atoms with van der Waals surface area (Å²) in [5.41, 5.74) is 4.77. The third-order valence-corrected chi connectivity index (χ3v) is 6.29. The molecule has 2 heterocycles. The van der Waals surface area contributed by atoms with E-state index in [9.17, 15) is 4.79 Å². The fourth-order valence-electron chi connectivity index (χ4n) is 4.32. The van der Waals surface area contributed by atoms with Crippen LogP contribution >= 0.6 is 0 Å². The molecule has 192 valence electrons. The van der Waals surface area contributed by atoms with Gasteiger partial charge in [-0.1, -0.05) is 0 Å². The van der Waals surface area contributed by atoms with E-state index in [1.165, 1.54) is 33.0 Å². The number of aryl methyl sites for hydroxylation is 1. The number of methoxy groups -OCH3 is 1. The van der Waals surface area contributed by atoms with Crippen LogP contribution in [-0.4, -0.2) is 70.0 Å². The number of benzene rings is 2. The van der Waals surface area contributed by atoms with Gasteiger partial charge >= 0.3 is 0 Å². The maximum absolute atomic E-state index is 12.1. The lowest BCUT2D eigenvalue weighted by atomic mass is 9.99. The number of rotatable bonds is 12. The number of nitrogens with one attached hydrogen (secondary N) is 2. The molecule has 0 atom stereocenters. The van der Waals surface area contributed by atoms with Crippen LogP contribution in [0.4, 0.5) is 5.69 Å². The molecule has 2 N–H and O–H groups in total. The highest BCUT2D eigenvalue weighted by molar-refractivity contribution is 5.94. The molecular weight excluding hydrogens is 458 g/mol. The predicted molar refractivity (Wildman–Crippen MR) is 141 cm³/mol. The van der Waals surface area contributed by atoms with E-state index in [-0.39, 0.29) is 18.1 Å². The van der Waals surface area contributed by atoms with Gasteiger partial charge in [-0.15, -0.1) is 0 Å². The number of ether oxygens (including phenoxy) is 2. The van der Waals surface area contributed by atoms with Gasteiger partial charge in [-0.3, -0.25) is 24.5 Å². The Balaban J connectivity index is 1.22. The van der Waals surface area contributed by atoms with Crippen LogP contribution in [0.25, 0.3) is 0 Å². The van der Waals surface area contributed by atoms with Crippen molar-refractivity contribution in [2.45, 2.75) is 32.0 Å². The fraction of sp³-hybridized carbons (Fsp3) is 0.444. The van der Waals surface area contributed by atoms with E-state index in [1.54, 1.807) is 13.2 Å². The molecule has 0 spiro atoms. The summed E-state index contributed by atoms with van der Waals surface area (Å²) in [5.74, 6) is 1.31. The van der Waals surface area contributed by atoms with E-state index < -0.39 is 0 Å². The molecule has 1 fully saturated rings. The number of hydrogen-bond donors (Lipinski definition) is 2. The van der Waals surface area contributed by atoms with Gasteiger partial charge in [-0.05, 0) is 86.8 Å². The molecule has 0 radical (unpaired) electrons. The zero-order valence-corrected chi connectivity index (χ0v) is 21.0. The fourth-order valence-corrected chi connectivity index (χ4v) is 4.32. The first-order valence-corrected chi connectivity index (χ1v) is 12.4. The normalized spacial score (nSPS) is 19.3. The molecular formula is C27H35N5O4. The van der Waals surface area contributed by atoms with Crippen molar-refractivity contribution >= 4 is 24.0 Å². The first-order chi connectivity index (χ1) is 17.6. The quantitative estimate of drug-likeness (QED) is 0.439. The summed E-state index contributed by atoms with van der Waals surface area (Å²) < 4.78 is 11.2. The zero-order chi connectivity index (χ0) is 25.2. The Kier molecular flexibility index (Phi) is 9.29. The Morgan fingerprint density at radius 3 is 2.47 bits per heavy atom. The van der Waals surface area contributed by atoms with Gasteiger partial charge in [-0.25, -0.2) is 5.48 Å². The Morgan fingerprint density at radius 2 is 1.78 bits per heavy atom. The molecule has 0 aromatic heterocycles. The molecule has 0 saturated carbocycles. The van der Waals surface area contributed by atoms with Gasteiger partial charge in [0.1, 0.15) is 18.1 Å². The number of carbonyl (C=O) groups excluding carboxylic acids is 1. The van der Waals surface area contributed by atoms with Crippen LogP contribution in [0.3, 0.4) is 0 Å². The number of amides is 1. The maximum Gasteiger partial charge on any atom is 0.274 e. The molecule has 0 aliphatic carbocycles. The monoisotopic (exact) mass is 493 g/mol. The number of hydrogen-bond acceptors (Lipinski definition) is 8. The molecule has 2 aliphatic heterocycles. The predicted octanol–water partition coefficient (Wildman–Crippen LogP) is 3.56. The molecule has 2 aliphatic rings. The van der Waals surface area contributed by atoms with Crippen LogP contribution in [0.15, 0.2) is 52.4 Å². The van der Waals surface area contributed by atoms with Crippen molar-refractivity contribution in [3.05, 3.63) is 53.6 Å². The number of nitrogens with zero attached hydrogens (tertiary/aromatic N) is 3. The number of aliphatic imine (C=N–C) groups is 2. The standard InChI is InChI=1S/C27H35N5O4/c1-34-25-16-20(15-22(17-25)26(33)31-35-2)5-6-21-18-28-27(29-19-21)30-23-7-9-24(10-8-23)36-14-13-32-11-3-4-12-32/h7-10,15-19,21,27,30H,3-6,11-14H2,1-2H3,(H,31,33). The highest BCUT2D eigenvalue weighted by Gasteiger charge is 2.14. The second kappa shape index (κ2) is 13.0. The number of anilines is 1. The summed E-state index contributed by atoms with van der Waals surface area (Å²) in [6, 6.07) is 13.4.